The molecule has 0 amide bonds. The lowest BCUT2D eigenvalue weighted by Crippen LogP contribution is -2.03. The maximum Gasteiger partial charge on any atom is 0.309 e. The Labute approximate surface area is 82.9 Å². The number of nitrogen functional groups attached to an aromatic ring is 1. The highest BCUT2D eigenvalue weighted by Gasteiger charge is 2.44. The van der Waals surface area contributed by atoms with Gasteiger partial charge < -0.3 is 10.5 Å². The van der Waals surface area contributed by atoms with E-state index < -0.39 is 0 Å². The minimum atomic E-state index is -0.105. The minimum Gasteiger partial charge on any atom is -0.469 e. The van der Waals surface area contributed by atoms with E-state index in [2.05, 4.69) is 4.74 Å². The van der Waals surface area contributed by atoms with Gasteiger partial charge >= 0.3 is 5.97 Å². The molecule has 1 aromatic rings. The van der Waals surface area contributed by atoms with Gasteiger partial charge in [0, 0.05) is 5.69 Å². The number of nitrogens with two attached hydrogens (primary N) is 1. The van der Waals surface area contributed by atoms with Crippen molar-refractivity contribution in [1.82, 2.24) is 0 Å². The molecule has 0 aromatic heterocycles. The summed E-state index contributed by atoms with van der Waals surface area (Å²) < 4.78 is 4.69. The van der Waals surface area contributed by atoms with Crippen LogP contribution in [0.2, 0.25) is 0 Å². The highest BCUT2D eigenvalue weighted by molar-refractivity contribution is 5.77. The summed E-state index contributed by atoms with van der Waals surface area (Å²) in [6.45, 7) is 0. The van der Waals surface area contributed by atoms with Crippen LogP contribution in [0.3, 0.4) is 0 Å². The average molecular weight is 191 g/mol. The van der Waals surface area contributed by atoms with E-state index in [1.54, 1.807) is 0 Å². The molecule has 14 heavy (non-hydrogen) atoms. The second-order valence-electron chi connectivity index (χ2n) is 3.64. The summed E-state index contributed by atoms with van der Waals surface area (Å²) in [5.41, 5.74) is 7.51. The zero-order valence-corrected chi connectivity index (χ0v) is 8.07. The van der Waals surface area contributed by atoms with Gasteiger partial charge in [0.25, 0.3) is 0 Å². The first-order valence-electron chi connectivity index (χ1n) is 4.65. The summed E-state index contributed by atoms with van der Waals surface area (Å²) in [5.74, 6) is 0.290. The Bertz CT molecular complexity index is 345. The highest BCUT2D eigenvalue weighted by Crippen LogP contribution is 2.48. The Kier molecular flexibility index (Phi) is 2.15. The third-order valence-electron chi connectivity index (χ3n) is 2.66. The van der Waals surface area contributed by atoms with E-state index in [9.17, 15) is 4.79 Å². The number of anilines is 1. The van der Waals surface area contributed by atoms with E-state index in [1.807, 2.05) is 24.3 Å². The Balaban J connectivity index is 2.06. The standard InChI is InChI=1S/C11H13NO2/c1-14-11(13)10-6-9(10)7-2-4-8(12)5-3-7/h2-5,9-10H,6,12H2,1H3/t9-,10+/m0/s1. The SMILES string of the molecule is COC(=O)[C@@H]1C[C@H]1c1ccc(N)cc1. The fourth-order valence-electron chi connectivity index (χ4n) is 1.72. The number of carbonyl (C=O) groups is 1. The molecule has 2 rings (SSSR count). The highest BCUT2D eigenvalue weighted by atomic mass is 16.5. The third-order valence-corrected chi connectivity index (χ3v) is 2.66. The Morgan fingerprint density at radius 1 is 1.43 bits per heavy atom. The molecular weight excluding hydrogens is 178 g/mol. The molecule has 0 heterocycles. The molecule has 1 saturated carbocycles. The molecule has 1 aromatic carbocycles. The van der Waals surface area contributed by atoms with Crippen LogP contribution in [0.25, 0.3) is 0 Å². The van der Waals surface area contributed by atoms with Crippen molar-refractivity contribution in [2.24, 2.45) is 5.92 Å². The van der Waals surface area contributed by atoms with Crippen LogP contribution in [0, 0.1) is 5.92 Å². The van der Waals surface area contributed by atoms with Crippen LogP contribution < -0.4 is 5.73 Å². The van der Waals surface area contributed by atoms with Gasteiger partial charge in [0.05, 0.1) is 13.0 Å². The maximum atomic E-state index is 11.2. The number of rotatable bonds is 2. The summed E-state index contributed by atoms with van der Waals surface area (Å²) in [4.78, 5) is 11.2. The van der Waals surface area contributed by atoms with Crippen LogP contribution >= 0.6 is 0 Å². The first-order chi connectivity index (χ1) is 6.72. The number of hydrogen-bond acceptors (Lipinski definition) is 3. The number of carbonyl (C=O) groups excluding carboxylic acids is 1. The van der Waals surface area contributed by atoms with Gasteiger partial charge in [0.1, 0.15) is 0 Å². The number of benzene rings is 1. The molecule has 0 spiro atoms. The first kappa shape index (κ1) is 9.06. The van der Waals surface area contributed by atoms with Crippen molar-refractivity contribution >= 4 is 11.7 Å². The smallest absolute Gasteiger partial charge is 0.309 e. The molecule has 3 nitrogen and oxygen atoms in total. The van der Waals surface area contributed by atoms with Crippen LogP contribution in [0.4, 0.5) is 5.69 Å². The van der Waals surface area contributed by atoms with E-state index in [4.69, 9.17) is 5.73 Å². The van der Waals surface area contributed by atoms with Crippen LogP contribution in [0.1, 0.15) is 17.9 Å². The molecular formula is C11H13NO2. The van der Waals surface area contributed by atoms with Crippen molar-refractivity contribution in [3.63, 3.8) is 0 Å². The predicted molar refractivity (Wildman–Crippen MR) is 53.7 cm³/mol. The topological polar surface area (TPSA) is 52.3 Å². The molecule has 2 atom stereocenters. The lowest BCUT2D eigenvalue weighted by molar-refractivity contribution is -0.142. The van der Waals surface area contributed by atoms with Crippen molar-refractivity contribution in [2.45, 2.75) is 12.3 Å². The quantitative estimate of drug-likeness (QED) is 0.570. The zero-order valence-electron chi connectivity index (χ0n) is 8.07. The van der Waals surface area contributed by atoms with Gasteiger partial charge in [-0.3, -0.25) is 4.79 Å². The van der Waals surface area contributed by atoms with E-state index in [1.165, 1.54) is 12.7 Å². The van der Waals surface area contributed by atoms with Gasteiger partial charge in [-0.2, -0.15) is 0 Å². The number of hydrogen-bond donors (Lipinski definition) is 1. The lowest BCUT2D eigenvalue weighted by Gasteiger charge is -2.00. The number of ether oxygens (including phenoxy) is 1. The van der Waals surface area contributed by atoms with Gasteiger partial charge in [0.15, 0.2) is 0 Å². The Morgan fingerprint density at radius 2 is 2.07 bits per heavy atom. The Hall–Kier alpha value is -1.51. The van der Waals surface area contributed by atoms with Crippen molar-refractivity contribution in [3.8, 4) is 0 Å². The lowest BCUT2D eigenvalue weighted by atomic mass is 10.1. The molecule has 0 bridgehead atoms. The molecule has 0 unspecified atom stereocenters. The predicted octanol–water partition coefficient (Wildman–Crippen LogP) is 1.55. The zero-order chi connectivity index (χ0) is 10.1. The van der Waals surface area contributed by atoms with Gasteiger partial charge in [0.2, 0.25) is 0 Å². The fourth-order valence-corrected chi connectivity index (χ4v) is 1.72. The number of esters is 1. The van der Waals surface area contributed by atoms with Gasteiger partial charge in [-0.15, -0.1) is 0 Å². The molecule has 2 N–H and O–H groups in total. The molecule has 3 heteroatoms. The normalized spacial score (nSPS) is 24.4. The minimum absolute atomic E-state index is 0.0589. The van der Waals surface area contributed by atoms with Crippen LogP contribution in [0.15, 0.2) is 24.3 Å². The van der Waals surface area contributed by atoms with Crippen LogP contribution in [-0.4, -0.2) is 13.1 Å². The van der Waals surface area contributed by atoms with Crippen molar-refractivity contribution in [1.29, 1.82) is 0 Å². The second-order valence-corrected chi connectivity index (χ2v) is 3.64. The molecule has 0 aliphatic heterocycles. The molecule has 0 saturated heterocycles. The van der Waals surface area contributed by atoms with E-state index in [0.717, 1.165) is 12.1 Å². The van der Waals surface area contributed by atoms with E-state index in [-0.39, 0.29) is 11.9 Å². The van der Waals surface area contributed by atoms with E-state index in [0.29, 0.717) is 5.92 Å². The Morgan fingerprint density at radius 3 is 2.64 bits per heavy atom. The largest absolute Gasteiger partial charge is 0.469 e. The molecule has 1 aliphatic carbocycles. The molecule has 0 radical (unpaired) electrons. The van der Waals surface area contributed by atoms with Gasteiger partial charge in [-0.05, 0) is 30.0 Å². The van der Waals surface area contributed by atoms with Crippen LogP contribution in [0.5, 0.6) is 0 Å². The van der Waals surface area contributed by atoms with Gasteiger partial charge in [-0.1, -0.05) is 12.1 Å². The summed E-state index contributed by atoms with van der Waals surface area (Å²) in [6, 6.07) is 7.68. The summed E-state index contributed by atoms with van der Waals surface area (Å²) in [7, 11) is 1.43. The van der Waals surface area contributed by atoms with Gasteiger partial charge in [-0.25, -0.2) is 0 Å². The summed E-state index contributed by atoms with van der Waals surface area (Å²) in [5, 5.41) is 0. The molecule has 1 aliphatic rings. The average Bonchev–Trinajstić information content (AvgIpc) is 2.98. The molecule has 1 fully saturated rings. The molecule has 74 valence electrons. The maximum absolute atomic E-state index is 11.2. The number of methoxy groups -OCH3 is 1. The second kappa shape index (κ2) is 3.33. The van der Waals surface area contributed by atoms with Crippen molar-refractivity contribution in [3.05, 3.63) is 29.8 Å². The summed E-state index contributed by atoms with van der Waals surface area (Å²) >= 11 is 0. The van der Waals surface area contributed by atoms with Crippen molar-refractivity contribution in [2.75, 3.05) is 12.8 Å². The fraction of sp³-hybridized carbons (Fsp3) is 0.364. The van der Waals surface area contributed by atoms with Crippen LogP contribution in [-0.2, 0) is 9.53 Å². The first-order valence-corrected chi connectivity index (χ1v) is 4.65. The van der Waals surface area contributed by atoms with Crippen molar-refractivity contribution < 1.29 is 9.53 Å². The summed E-state index contributed by atoms with van der Waals surface area (Å²) in [6.07, 6.45) is 0.899. The monoisotopic (exact) mass is 191 g/mol. The van der Waals surface area contributed by atoms with E-state index >= 15 is 0 Å². The third kappa shape index (κ3) is 1.58.